The summed E-state index contributed by atoms with van der Waals surface area (Å²) in [5, 5.41) is 10.6. The summed E-state index contributed by atoms with van der Waals surface area (Å²) in [6.07, 6.45) is 49.1. The summed E-state index contributed by atoms with van der Waals surface area (Å²) in [6, 6.07) is 0. The second kappa shape index (κ2) is 63.1. The Hall–Kier alpha value is -1.94. The molecule has 0 aromatic carbocycles. The molecule has 3 unspecified atom stereocenters. The molecule has 0 aromatic heterocycles. The van der Waals surface area contributed by atoms with Gasteiger partial charge in [0.15, 0.2) is 12.2 Å². The van der Waals surface area contributed by atoms with Gasteiger partial charge < -0.3 is 33.8 Å². The van der Waals surface area contributed by atoms with E-state index in [1.54, 1.807) is 0 Å². The highest BCUT2D eigenvalue weighted by Gasteiger charge is 2.30. The van der Waals surface area contributed by atoms with Gasteiger partial charge in [0.1, 0.15) is 19.3 Å². The van der Waals surface area contributed by atoms with E-state index in [1.165, 1.54) is 173 Å². The van der Waals surface area contributed by atoms with Crippen molar-refractivity contribution in [1.29, 1.82) is 0 Å². The fraction of sp³-hybridized carbons (Fsp3) is 0.944. The minimum absolute atomic E-state index is 0.102. The van der Waals surface area contributed by atoms with Crippen molar-refractivity contribution in [1.82, 2.24) is 0 Å². The van der Waals surface area contributed by atoms with Crippen LogP contribution in [0.5, 0.6) is 0 Å². The Labute approximate surface area is 549 Å². The number of carbonyl (C=O) groups is 4. The molecule has 0 aliphatic rings. The van der Waals surface area contributed by atoms with Crippen molar-refractivity contribution in [3.63, 3.8) is 0 Å². The van der Waals surface area contributed by atoms with Crippen molar-refractivity contribution >= 4 is 39.5 Å². The first-order valence-corrected chi connectivity index (χ1v) is 40.0. The Balaban J connectivity index is 5.12. The molecule has 0 radical (unpaired) electrons. The van der Waals surface area contributed by atoms with Crippen molar-refractivity contribution in [3.8, 4) is 0 Å². The van der Waals surface area contributed by atoms with Gasteiger partial charge in [-0.25, -0.2) is 9.13 Å². The Morgan fingerprint density at radius 3 is 0.844 bits per heavy atom. The number of esters is 4. The number of unbranched alkanes of at least 4 members (excludes halogenated alkanes) is 39. The van der Waals surface area contributed by atoms with Crippen molar-refractivity contribution < 1.29 is 80.2 Å². The Morgan fingerprint density at radius 2 is 0.567 bits per heavy atom. The molecular formula is C71H138O17P2. The van der Waals surface area contributed by atoms with Gasteiger partial charge in [-0.15, -0.1) is 0 Å². The molecule has 3 N–H and O–H groups in total. The SMILES string of the molecule is CCCCCCCCCCCCCCCCC(=O)OC[C@H](COP(=O)(O)OC[C@@H](O)COP(=O)(O)OC[C@@H](COC(=O)CCCCCCC)OC(=O)CCCCCCCCC(C)CC)OC(=O)CCCCCCCCCCCCCCCCCCCCC(C)C. The first-order chi connectivity index (χ1) is 43.4. The number of phosphoric ester groups is 2. The molecule has 0 amide bonds. The minimum atomic E-state index is -4.95. The lowest BCUT2D eigenvalue weighted by atomic mass is 10.00. The zero-order chi connectivity index (χ0) is 66.5. The van der Waals surface area contributed by atoms with Crippen molar-refractivity contribution in [2.75, 3.05) is 39.6 Å². The van der Waals surface area contributed by atoms with E-state index >= 15 is 0 Å². The molecule has 0 aliphatic carbocycles. The predicted octanol–water partition coefficient (Wildman–Crippen LogP) is 20.4. The van der Waals surface area contributed by atoms with Gasteiger partial charge in [0, 0.05) is 25.7 Å². The highest BCUT2D eigenvalue weighted by atomic mass is 31.2. The van der Waals surface area contributed by atoms with Crippen molar-refractivity contribution in [2.45, 2.75) is 381 Å². The first kappa shape index (κ1) is 88.1. The molecule has 0 rings (SSSR count). The predicted molar refractivity (Wildman–Crippen MR) is 363 cm³/mol. The molecule has 534 valence electrons. The van der Waals surface area contributed by atoms with Gasteiger partial charge in [-0.1, -0.05) is 311 Å². The Morgan fingerprint density at radius 1 is 0.322 bits per heavy atom. The second-order valence-corrected chi connectivity index (χ2v) is 29.3. The van der Waals surface area contributed by atoms with E-state index < -0.39 is 97.5 Å². The third-order valence-electron chi connectivity index (χ3n) is 16.8. The van der Waals surface area contributed by atoms with Crippen molar-refractivity contribution in [2.24, 2.45) is 11.8 Å². The molecule has 90 heavy (non-hydrogen) atoms. The Kier molecular flexibility index (Phi) is 61.8. The normalized spacial score (nSPS) is 14.4. The van der Waals surface area contributed by atoms with Crippen molar-refractivity contribution in [3.05, 3.63) is 0 Å². The third kappa shape index (κ3) is 63.5. The van der Waals surface area contributed by atoms with Gasteiger partial charge in [0.05, 0.1) is 26.4 Å². The number of hydrogen-bond donors (Lipinski definition) is 3. The number of rotatable bonds is 70. The number of ether oxygens (including phenoxy) is 4. The highest BCUT2D eigenvalue weighted by Crippen LogP contribution is 2.45. The van der Waals surface area contributed by atoms with E-state index in [0.717, 1.165) is 108 Å². The minimum Gasteiger partial charge on any atom is -0.462 e. The number of hydrogen-bond acceptors (Lipinski definition) is 15. The first-order valence-electron chi connectivity index (χ1n) is 37.0. The van der Waals surface area contributed by atoms with Gasteiger partial charge in [0.2, 0.25) is 0 Å². The van der Waals surface area contributed by atoms with Crippen LogP contribution >= 0.6 is 15.6 Å². The topological polar surface area (TPSA) is 237 Å². The van der Waals surface area contributed by atoms with Gasteiger partial charge in [0.25, 0.3) is 0 Å². The molecule has 0 aromatic rings. The fourth-order valence-corrected chi connectivity index (χ4v) is 12.3. The molecule has 0 bridgehead atoms. The molecule has 0 saturated carbocycles. The zero-order valence-electron chi connectivity index (χ0n) is 58.4. The number of carbonyl (C=O) groups excluding carboxylic acids is 4. The quantitative estimate of drug-likeness (QED) is 0.0222. The Bertz CT molecular complexity index is 1750. The number of aliphatic hydroxyl groups excluding tert-OH is 1. The molecule has 0 heterocycles. The van der Waals surface area contributed by atoms with Crippen LogP contribution in [0, 0.1) is 11.8 Å². The van der Waals surface area contributed by atoms with E-state index in [0.29, 0.717) is 25.7 Å². The molecule has 0 spiro atoms. The molecule has 6 atom stereocenters. The zero-order valence-corrected chi connectivity index (χ0v) is 60.2. The number of aliphatic hydroxyl groups is 1. The van der Waals surface area contributed by atoms with Crippen LogP contribution in [0.1, 0.15) is 363 Å². The van der Waals surface area contributed by atoms with Crippen LogP contribution in [-0.4, -0.2) is 96.7 Å². The van der Waals surface area contributed by atoms with Crippen LogP contribution in [0.2, 0.25) is 0 Å². The van der Waals surface area contributed by atoms with Crippen LogP contribution < -0.4 is 0 Å². The summed E-state index contributed by atoms with van der Waals surface area (Å²) in [6.45, 7) is 9.45. The average Bonchev–Trinajstić information content (AvgIpc) is 3.72. The lowest BCUT2D eigenvalue weighted by molar-refractivity contribution is -0.161. The van der Waals surface area contributed by atoms with Crippen LogP contribution in [0.3, 0.4) is 0 Å². The molecule has 17 nitrogen and oxygen atoms in total. The number of phosphoric acid groups is 2. The third-order valence-corrected chi connectivity index (χ3v) is 18.7. The smallest absolute Gasteiger partial charge is 0.462 e. The summed E-state index contributed by atoms with van der Waals surface area (Å²) in [7, 11) is -9.89. The summed E-state index contributed by atoms with van der Waals surface area (Å²) in [5.41, 5.74) is 0. The molecule has 0 fully saturated rings. The van der Waals surface area contributed by atoms with Crippen LogP contribution in [-0.2, 0) is 65.4 Å². The van der Waals surface area contributed by atoms with E-state index in [-0.39, 0.29) is 25.7 Å². The molecular weight excluding hydrogens is 1190 g/mol. The summed E-state index contributed by atoms with van der Waals surface area (Å²) in [5.74, 6) is -0.596. The van der Waals surface area contributed by atoms with Gasteiger partial charge in [-0.3, -0.25) is 37.3 Å². The standard InChI is InChI=1S/C71H138O17P2/c1-7-10-12-14-15-16-17-18-26-29-32-35-42-48-54-69(74)82-60-67(87-70(75)55-49-43-36-33-30-27-24-22-20-19-21-23-25-28-31-34-40-45-51-63(4)5)62-86-90(79,80)84-58-65(72)57-83-89(77,78)85-61-66(59-81-68(73)53-47-39-13-11-8-2)88-71(76)56-50-44-38-37-41-46-52-64(6)9-3/h63-67,72H,7-62H2,1-6H3,(H,77,78)(H,79,80)/t64?,65-,66+,67+/m0/s1. The van der Waals surface area contributed by atoms with E-state index in [4.69, 9.17) is 37.0 Å². The maximum absolute atomic E-state index is 13.0. The van der Waals surface area contributed by atoms with Gasteiger partial charge >= 0.3 is 39.5 Å². The van der Waals surface area contributed by atoms with Crippen LogP contribution in [0.15, 0.2) is 0 Å². The second-order valence-electron chi connectivity index (χ2n) is 26.3. The monoisotopic (exact) mass is 1320 g/mol. The lowest BCUT2D eigenvalue weighted by Gasteiger charge is -2.21. The molecule has 0 aliphatic heterocycles. The maximum Gasteiger partial charge on any atom is 0.472 e. The summed E-state index contributed by atoms with van der Waals surface area (Å²) < 4.78 is 68.1. The van der Waals surface area contributed by atoms with Crippen LogP contribution in [0.25, 0.3) is 0 Å². The fourth-order valence-electron chi connectivity index (χ4n) is 10.7. The van der Waals surface area contributed by atoms with E-state index in [1.807, 2.05) is 0 Å². The lowest BCUT2D eigenvalue weighted by Crippen LogP contribution is -2.30. The highest BCUT2D eigenvalue weighted by molar-refractivity contribution is 7.47. The van der Waals surface area contributed by atoms with Gasteiger partial charge in [-0.05, 0) is 37.5 Å². The van der Waals surface area contributed by atoms with Gasteiger partial charge in [-0.2, -0.15) is 0 Å². The molecule has 0 saturated heterocycles. The average molecular weight is 1330 g/mol. The molecule has 19 heteroatoms. The maximum atomic E-state index is 13.0. The largest absolute Gasteiger partial charge is 0.472 e. The van der Waals surface area contributed by atoms with Crippen LogP contribution in [0.4, 0.5) is 0 Å². The summed E-state index contributed by atoms with van der Waals surface area (Å²) in [4.78, 5) is 72.2. The summed E-state index contributed by atoms with van der Waals surface area (Å²) >= 11 is 0. The van der Waals surface area contributed by atoms with E-state index in [9.17, 15) is 43.2 Å². The van der Waals surface area contributed by atoms with E-state index in [2.05, 4.69) is 41.5 Å².